The minimum Gasteiger partial charge on any atom is -0.505 e. The molecule has 0 bridgehead atoms. The van der Waals surface area contributed by atoms with E-state index < -0.39 is 93.8 Å². The number of nitrogens with one attached hydrogen (secondary N) is 1. The highest BCUT2D eigenvalue weighted by molar-refractivity contribution is 7.95. The number of phenols is 1. The van der Waals surface area contributed by atoms with Gasteiger partial charge in [0.15, 0.2) is 27.1 Å². The first-order chi connectivity index (χ1) is 29.0. The lowest BCUT2D eigenvalue weighted by Crippen LogP contribution is -2.32. The number of aromatic hydroxyl groups is 1. The number of azo groups is 2. The zero-order valence-electron chi connectivity index (χ0n) is 30.8. The maximum Gasteiger partial charge on any atom is 0.397 e. The SMILES string of the molecule is CC(=O)C(N=Nc1ccc(S(=O)(=O)CCOS(=O)(=O)O)cc1)C(=O)Nc1cc2c(O)c(N=Nc3ccc(OOSCCOS(=O)(=O)O)cc3)c(SOOO)cc2cc1S(=O)(=O)O. The van der Waals surface area contributed by atoms with Gasteiger partial charge >= 0.3 is 20.8 Å². The number of sulfone groups is 1. The van der Waals surface area contributed by atoms with E-state index in [4.69, 9.17) is 23.6 Å². The predicted octanol–water partition coefficient (Wildman–Crippen LogP) is 4.69. The van der Waals surface area contributed by atoms with Crippen molar-refractivity contribution in [2.45, 2.75) is 27.7 Å². The Labute approximate surface area is 359 Å². The molecule has 0 saturated heterocycles. The van der Waals surface area contributed by atoms with Gasteiger partial charge in [-0.3, -0.25) is 23.2 Å². The number of anilines is 1. The molecule has 1 atom stereocenters. The standard InChI is InChI=1S/C30H29N5O21S6/c1-17(36)27(34-32-20-4-8-22(9-5-20)59(40,41)13-11-52-62(48,49)50)30(38)31-24-16-23-18(15-26(24)60(42,43)44)14-25(58-56-54-39)28(29(23)37)35-33-19-2-6-21(7-3-19)53-55-57-12-10-51-61(45,46)47/h2-9,14-16,27,37,39H,10-13H2,1H3,(H,31,38)(H,42,43,44)(H,45,46,47)(H,48,49,50). The van der Waals surface area contributed by atoms with Crippen LogP contribution in [0.2, 0.25) is 0 Å². The molecule has 0 aliphatic rings. The molecule has 4 rings (SSSR count). The van der Waals surface area contributed by atoms with E-state index in [0.29, 0.717) is 12.0 Å². The summed E-state index contributed by atoms with van der Waals surface area (Å²) < 4.78 is 137. The van der Waals surface area contributed by atoms with Crippen molar-refractivity contribution in [3.05, 3.63) is 66.7 Å². The predicted molar refractivity (Wildman–Crippen MR) is 212 cm³/mol. The molecule has 336 valence electrons. The first kappa shape index (κ1) is 49.9. The van der Waals surface area contributed by atoms with E-state index >= 15 is 0 Å². The molecule has 0 heterocycles. The highest BCUT2D eigenvalue weighted by Crippen LogP contribution is 2.46. The van der Waals surface area contributed by atoms with Gasteiger partial charge in [-0.15, -0.1) is 13.8 Å². The number of carbonyl (C=O) groups excluding carboxylic acids is 2. The normalized spacial score (nSPS) is 13.2. The van der Waals surface area contributed by atoms with Crippen LogP contribution in [-0.2, 0) is 72.4 Å². The Kier molecular flexibility index (Phi) is 17.3. The topological polar surface area (TPSA) is 389 Å². The molecule has 1 unspecified atom stereocenters. The second-order valence-electron chi connectivity index (χ2n) is 11.5. The third kappa shape index (κ3) is 15.2. The van der Waals surface area contributed by atoms with Crippen LogP contribution < -0.4 is 10.2 Å². The second kappa shape index (κ2) is 21.5. The van der Waals surface area contributed by atoms with Crippen LogP contribution in [0, 0.1) is 0 Å². The van der Waals surface area contributed by atoms with Crippen LogP contribution in [0.4, 0.5) is 22.7 Å². The molecule has 0 aliphatic heterocycles. The maximum atomic E-state index is 13.4. The molecule has 0 fully saturated rings. The number of ketones is 1. The van der Waals surface area contributed by atoms with Gasteiger partial charge in [0, 0.05) is 23.2 Å². The molecule has 32 heteroatoms. The summed E-state index contributed by atoms with van der Waals surface area (Å²) in [6.07, 6.45) is 0. The highest BCUT2D eigenvalue weighted by Gasteiger charge is 2.28. The molecule has 0 aromatic heterocycles. The van der Waals surface area contributed by atoms with Gasteiger partial charge in [0.05, 0.1) is 57.9 Å². The van der Waals surface area contributed by atoms with E-state index in [1.54, 1.807) is 0 Å². The molecule has 4 aromatic rings. The van der Waals surface area contributed by atoms with E-state index in [2.05, 4.69) is 43.5 Å². The summed E-state index contributed by atoms with van der Waals surface area (Å²) >= 11 is 0.948. The average Bonchev–Trinajstić information content (AvgIpc) is 3.17. The zero-order chi connectivity index (χ0) is 45.9. The Hall–Kier alpha value is -4.78. The third-order valence-corrected chi connectivity index (χ3v) is 11.9. The minimum absolute atomic E-state index is 0.0364. The third-order valence-electron chi connectivity index (χ3n) is 7.22. The molecule has 6 N–H and O–H groups in total. The van der Waals surface area contributed by atoms with Gasteiger partial charge in [0.25, 0.3) is 16.0 Å². The number of Topliss-reactive ketones (excluding diaryl/α,β-unsaturated/α-hetero) is 1. The van der Waals surface area contributed by atoms with Crippen LogP contribution in [0.1, 0.15) is 6.92 Å². The number of benzene rings is 4. The molecular weight excluding hydrogens is 959 g/mol. The number of hydrogen-bond acceptors (Lipinski definition) is 24. The van der Waals surface area contributed by atoms with Crippen molar-refractivity contribution in [1.29, 1.82) is 0 Å². The highest BCUT2D eigenvalue weighted by atomic mass is 32.3. The Morgan fingerprint density at radius 2 is 1.40 bits per heavy atom. The van der Waals surface area contributed by atoms with Crippen molar-refractivity contribution in [2.75, 3.05) is 30.0 Å². The number of nitrogens with zero attached hydrogens (tertiary/aromatic N) is 4. The summed E-state index contributed by atoms with van der Waals surface area (Å²) in [6.45, 7) is -0.339. The first-order valence-corrected chi connectivity index (χ1v) is 23.7. The Morgan fingerprint density at radius 3 is 2.00 bits per heavy atom. The lowest BCUT2D eigenvalue weighted by molar-refractivity contribution is -0.432. The first-order valence-electron chi connectivity index (χ1n) is 16.2. The Bertz CT molecular complexity index is 2790. The van der Waals surface area contributed by atoms with Gasteiger partial charge < -0.3 is 15.3 Å². The molecular formula is C30H29N5O21S6. The van der Waals surface area contributed by atoms with Crippen molar-refractivity contribution < 1.29 is 94.2 Å². The lowest BCUT2D eigenvalue weighted by atomic mass is 10.1. The molecule has 62 heavy (non-hydrogen) atoms. The fourth-order valence-electron chi connectivity index (χ4n) is 4.57. The smallest absolute Gasteiger partial charge is 0.397 e. The van der Waals surface area contributed by atoms with E-state index in [1.807, 2.05) is 0 Å². The number of amides is 1. The fraction of sp³-hybridized carbons (Fsp3) is 0.200. The van der Waals surface area contributed by atoms with Crippen LogP contribution >= 0.6 is 24.1 Å². The number of carbonyl (C=O) groups is 2. The second-order valence-corrected chi connectivity index (χ2v) is 18.7. The van der Waals surface area contributed by atoms with Crippen LogP contribution in [0.25, 0.3) is 10.8 Å². The van der Waals surface area contributed by atoms with E-state index in [0.717, 1.165) is 43.3 Å². The Morgan fingerprint density at radius 1 is 0.790 bits per heavy atom. The molecule has 0 aliphatic carbocycles. The van der Waals surface area contributed by atoms with Gasteiger partial charge in [-0.25, -0.2) is 22.0 Å². The molecule has 26 nitrogen and oxygen atoms in total. The number of hydrogen-bond donors (Lipinski definition) is 6. The number of phenolic OH excluding ortho intramolecular Hbond substituents is 1. The lowest BCUT2D eigenvalue weighted by Gasteiger charge is -2.15. The van der Waals surface area contributed by atoms with E-state index in [1.165, 1.54) is 30.3 Å². The van der Waals surface area contributed by atoms with Crippen LogP contribution in [0.15, 0.2) is 102 Å². The summed E-state index contributed by atoms with van der Waals surface area (Å²) in [4.78, 5) is 29.5. The van der Waals surface area contributed by atoms with Crippen molar-refractivity contribution in [2.24, 2.45) is 20.5 Å². The average molecular weight is 988 g/mol. The van der Waals surface area contributed by atoms with Crippen molar-refractivity contribution >= 4 is 110 Å². The molecule has 1 amide bonds. The van der Waals surface area contributed by atoms with Crippen LogP contribution in [0.5, 0.6) is 11.5 Å². The molecule has 0 spiro atoms. The number of rotatable bonds is 23. The summed E-state index contributed by atoms with van der Waals surface area (Å²) in [5.41, 5.74) is -0.932. The van der Waals surface area contributed by atoms with Crippen LogP contribution in [-0.4, -0.2) is 100 Å². The van der Waals surface area contributed by atoms with Gasteiger partial charge in [-0.1, -0.05) is 5.04 Å². The summed E-state index contributed by atoms with van der Waals surface area (Å²) in [5, 5.41) is 41.0. The fourth-order valence-corrected chi connectivity index (χ4v) is 7.97. The molecule has 0 saturated carbocycles. The summed E-state index contributed by atoms with van der Waals surface area (Å²) in [5.74, 6) is -3.61. The molecule has 0 radical (unpaired) electrons. The van der Waals surface area contributed by atoms with Crippen molar-refractivity contribution in [3.8, 4) is 11.5 Å². The molecule has 4 aromatic carbocycles. The largest absolute Gasteiger partial charge is 0.505 e. The van der Waals surface area contributed by atoms with E-state index in [9.17, 15) is 52.9 Å². The van der Waals surface area contributed by atoms with Crippen LogP contribution in [0.3, 0.4) is 0 Å². The van der Waals surface area contributed by atoms with Crippen molar-refractivity contribution in [1.82, 2.24) is 0 Å². The number of fused-ring (bicyclic) bond motifs is 1. The summed E-state index contributed by atoms with van der Waals surface area (Å²) in [6, 6.07) is 10.8. The van der Waals surface area contributed by atoms with Gasteiger partial charge in [-0.05, 0) is 79.0 Å². The van der Waals surface area contributed by atoms with Gasteiger partial charge in [-0.2, -0.15) is 40.6 Å². The Balaban J connectivity index is 1.59. The van der Waals surface area contributed by atoms with E-state index in [-0.39, 0.29) is 61.2 Å². The monoisotopic (exact) mass is 987 g/mol. The minimum atomic E-state index is -5.16. The quantitative estimate of drug-likeness (QED) is 0.0112. The van der Waals surface area contributed by atoms with Gasteiger partial charge in [0.1, 0.15) is 10.6 Å². The van der Waals surface area contributed by atoms with Crippen molar-refractivity contribution in [3.63, 3.8) is 0 Å². The summed E-state index contributed by atoms with van der Waals surface area (Å²) in [7, 11) is -18.7. The zero-order valence-corrected chi connectivity index (χ0v) is 35.7. The van der Waals surface area contributed by atoms with Gasteiger partial charge in [0.2, 0.25) is 6.04 Å². The maximum absolute atomic E-state index is 13.4.